The molecule has 4 rings (SSSR count). The molecule has 0 aromatic heterocycles. The summed E-state index contributed by atoms with van der Waals surface area (Å²) in [4.78, 5) is 41.2. The van der Waals surface area contributed by atoms with Gasteiger partial charge in [0.2, 0.25) is 0 Å². The van der Waals surface area contributed by atoms with Gasteiger partial charge in [-0.15, -0.1) is 0 Å². The van der Waals surface area contributed by atoms with E-state index in [1.165, 1.54) is 24.3 Å². The highest BCUT2D eigenvalue weighted by molar-refractivity contribution is 6.06. The molecule has 2 amide bonds. The van der Waals surface area contributed by atoms with Crippen LogP contribution in [0, 0.1) is 10.1 Å². The monoisotopic (exact) mass is 561 g/mol. The SMILES string of the molecule is CCOCCCNC(=O)c1cc(NC(=O)c2cccc([N+](=O)[O-])c2)ccc1N1CCN(c2ccccc2OC)CC1. The summed E-state index contributed by atoms with van der Waals surface area (Å²) in [5.74, 6) is 0.0574. The van der Waals surface area contributed by atoms with Gasteiger partial charge >= 0.3 is 0 Å². The Bertz CT molecular complexity index is 1370. The number of methoxy groups -OCH3 is 1. The fourth-order valence-electron chi connectivity index (χ4n) is 4.73. The van der Waals surface area contributed by atoms with Gasteiger partial charge in [0.1, 0.15) is 5.75 Å². The van der Waals surface area contributed by atoms with E-state index < -0.39 is 10.8 Å². The minimum Gasteiger partial charge on any atom is -0.495 e. The zero-order chi connectivity index (χ0) is 29.2. The number of amides is 2. The summed E-state index contributed by atoms with van der Waals surface area (Å²) in [5.41, 5.74) is 2.62. The summed E-state index contributed by atoms with van der Waals surface area (Å²) in [6, 6.07) is 18.6. The van der Waals surface area contributed by atoms with Gasteiger partial charge in [0.25, 0.3) is 17.5 Å². The van der Waals surface area contributed by atoms with Gasteiger partial charge in [-0.2, -0.15) is 0 Å². The van der Waals surface area contributed by atoms with Crippen molar-refractivity contribution in [3.8, 4) is 5.75 Å². The average molecular weight is 562 g/mol. The molecule has 1 saturated heterocycles. The number of carbonyl (C=O) groups excluding carboxylic acids is 2. The fraction of sp³-hybridized carbons (Fsp3) is 0.333. The number of hydrogen-bond acceptors (Lipinski definition) is 8. The van der Waals surface area contributed by atoms with E-state index in [-0.39, 0.29) is 17.2 Å². The number of rotatable bonds is 12. The van der Waals surface area contributed by atoms with Crippen LogP contribution in [0.15, 0.2) is 66.7 Å². The Kier molecular flexibility index (Phi) is 10.1. The van der Waals surface area contributed by atoms with Crippen LogP contribution in [0.25, 0.3) is 0 Å². The molecule has 3 aromatic carbocycles. The van der Waals surface area contributed by atoms with Crippen molar-refractivity contribution in [2.45, 2.75) is 13.3 Å². The van der Waals surface area contributed by atoms with Crippen molar-refractivity contribution >= 4 is 34.6 Å². The first-order valence-electron chi connectivity index (χ1n) is 13.6. The lowest BCUT2D eigenvalue weighted by atomic mass is 10.1. The molecule has 0 bridgehead atoms. The number of anilines is 3. The second kappa shape index (κ2) is 14.1. The number of hydrogen-bond donors (Lipinski definition) is 2. The van der Waals surface area contributed by atoms with Crippen LogP contribution in [0.4, 0.5) is 22.7 Å². The molecule has 1 aliphatic rings. The number of non-ortho nitro benzene ring substituents is 1. The van der Waals surface area contributed by atoms with E-state index in [4.69, 9.17) is 9.47 Å². The van der Waals surface area contributed by atoms with Gasteiger partial charge in [-0.25, -0.2) is 0 Å². The predicted molar refractivity (Wildman–Crippen MR) is 158 cm³/mol. The van der Waals surface area contributed by atoms with Crippen LogP contribution in [0.1, 0.15) is 34.1 Å². The molecule has 2 N–H and O–H groups in total. The summed E-state index contributed by atoms with van der Waals surface area (Å²) in [6.07, 6.45) is 0.676. The molecular formula is C30H35N5O6. The summed E-state index contributed by atoms with van der Waals surface area (Å²) in [6.45, 7) is 6.38. The summed E-state index contributed by atoms with van der Waals surface area (Å²) in [5, 5.41) is 16.9. The second-order valence-corrected chi connectivity index (χ2v) is 9.45. The third kappa shape index (κ3) is 7.52. The molecular weight excluding hydrogens is 526 g/mol. The Morgan fingerprint density at radius 1 is 0.927 bits per heavy atom. The van der Waals surface area contributed by atoms with Crippen LogP contribution >= 0.6 is 0 Å². The Morgan fingerprint density at radius 3 is 2.37 bits per heavy atom. The molecule has 0 saturated carbocycles. The first-order valence-corrected chi connectivity index (χ1v) is 13.6. The van der Waals surface area contributed by atoms with E-state index in [2.05, 4.69) is 20.4 Å². The molecule has 0 atom stereocenters. The van der Waals surface area contributed by atoms with E-state index in [1.54, 1.807) is 19.2 Å². The highest BCUT2D eigenvalue weighted by Crippen LogP contribution is 2.31. The molecule has 3 aromatic rings. The number of carbonyl (C=O) groups is 2. The largest absolute Gasteiger partial charge is 0.495 e. The fourth-order valence-corrected chi connectivity index (χ4v) is 4.73. The van der Waals surface area contributed by atoms with E-state index in [0.717, 1.165) is 30.2 Å². The van der Waals surface area contributed by atoms with Gasteiger partial charge in [-0.3, -0.25) is 19.7 Å². The van der Waals surface area contributed by atoms with Crippen molar-refractivity contribution in [3.05, 3.63) is 88.0 Å². The average Bonchev–Trinajstić information content (AvgIpc) is 3.01. The molecule has 11 nitrogen and oxygen atoms in total. The van der Waals surface area contributed by atoms with Crippen molar-refractivity contribution < 1.29 is 24.0 Å². The maximum atomic E-state index is 13.3. The van der Waals surface area contributed by atoms with Gasteiger partial charge in [-0.05, 0) is 49.7 Å². The van der Waals surface area contributed by atoms with E-state index in [9.17, 15) is 19.7 Å². The normalized spacial score (nSPS) is 13.0. The zero-order valence-corrected chi connectivity index (χ0v) is 23.3. The van der Waals surface area contributed by atoms with Crippen molar-refractivity contribution in [3.63, 3.8) is 0 Å². The minimum absolute atomic E-state index is 0.151. The molecule has 1 heterocycles. The number of nitrogens with one attached hydrogen (secondary N) is 2. The van der Waals surface area contributed by atoms with Gasteiger partial charge < -0.3 is 29.9 Å². The number of ether oxygens (including phenoxy) is 2. The van der Waals surface area contributed by atoms with Gasteiger partial charge in [0, 0.05) is 75.0 Å². The standard InChI is InChI=1S/C30H35N5O6/c1-3-41-19-7-14-31-30(37)25-21-23(32-29(36)22-8-6-9-24(20-22)35(38)39)12-13-26(25)33-15-17-34(18-16-33)27-10-4-5-11-28(27)40-2/h4-6,8-13,20-21H,3,7,14-19H2,1-2H3,(H,31,37)(H,32,36). The van der Waals surface area contributed by atoms with Crippen LogP contribution in [0.2, 0.25) is 0 Å². The number of para-hydroxylation sites is 2. The Balaban J connectivity index is 1.52. The van der Waals surface area contributed by atoms with Gasteiger partial charge in [0.05, 0.1) is 23.3 Å². The number of benzene rings is 3. The molecule has 1 aliphatic heterocycles. The highest BCUT2D eigenvalue weighted by Gasteiger charge is 2.24. The van der Waals surface area contributed by atoms with Crippen LogP contribution in [0.5, 0.6) is 5.75 Å². The zero-order valence-electron chi connectivity index (χ0n) is 23.3. The van der Waals surface area contributed by atoms with Crippen LogP contribution in [-0.4, -0.2) is 69.8 Å². The molecule has 11 heteroatoms. The van der Waals surface area contributed by atoms with E-state index in [0.29, 0.717) is 50.5 Å². The molecule has 41 heavy (non-hydrogen) atoms. The quantitative estimate of drug-likeness (QED) is 0.190. The summed E-state index contributed by atoms with van der Waals surface area (Å²) < 4.78 is 10.9. The number of nitrogens with zero attached hydrogens (tertiary/aromatic N) is 3. The molecule has 1 fully saturated rings. The lowest BCUT2D eigenvalue weighted by molar-refractivity contribution is -0.384. The van der Waals surface area contributed by atoms with Crippen molar-refractivity contribution in [2.75, 3.05) is 68.2 Å². The topological polar surface area (TPSA) is 126 Å². The Hall–Kier alpha value is -4.64. The number of piperazine rings is 1. The minimum atomic E-state index is -0.548. The first-order chi connectivity index (χ1) is 19.9. The van der Waals surface area contributed by atoms with Crippen molar-refractivity contribution in [1.82, 2.24) is 5.32 Å². The third-order valence-corrected chi connectivity index (χ3v) is 6.82. The molecule has 0 aliphatic carbocycles. The second-order valence-electron chi connectivity index (χ2n) is 9.45. The number of nitro benzene ring substituents is 1. The molecule has 0 spiro atoms. The van der Waals surface area contributed by atoms with Gasteiger partial charge in [0.15, 0.2) is 0 Å². The predicted octanol–water partition coefficient (Wildman–Crippen LogP) is 4.34. The first kappa shape index (κ1) is 29.3. The van der Waals surface area contributed by atoms with Crippen molar-refractivity contribution in [1.29, 1.82) is 0 Å². The number of nitro groups is 1. The van der Waals surface area contributed by atoms with Crippen LogP contribution < -0.4 is 25.2 Å². The Labute approximate surface area is 239 Å². The van der Waals surface area contributed by atoms with Crippen molar-refractivity contribution in [2.24, 2.45) is 0 Å². The lowest BCUT2D eigenvalue weighted by Gasteiger charge is -2.38. The van der Waals surface area contributed by atoms with Crippen LogP contribution in [-0.2, 0) is 4.74 Å². The van der Waals surface area contributed by atoms with Crippen LogP contribution in [0.3, 0.4) is 0 Å². The maximum Gasteiger partial charge on any atom is 0.270 e. The summed E-state index contributed by atoms with van der Waals surface area (Å²) >= 11 is 0. The molecule has 0 radical (unpaired) electrons. The highest BCUT2D eigenvalue weighted by atomic mass is 16.6. The summed E-state index contributed by atoms with van der Waals surface area (Å²) in [7, 11) is 1.66. The smallest absolute Gasteiger partial charge is 0.270 e. The van der Waals surface area contributed by atoms with E-state index >= 15 is 0 Å². The Morgan fingerprint density at radius 2 is 1.66 bits per heavy atom. The maximum absolute atomic E-state index is 13.3. The van der Waals surface area contributed by atoms with Gasteiger partial charge in [-0.1, -0.05) is 18.2 Å². The molecule has 0 unspecified atom stereocenters. The van der Waals surface area contributed by atoms with E-state index in [1.807, 2.05) is 37.3 Å². The lowest BCUT2D eigenvalue weighted by Crippen LogP contribution is -2.47. The molecule has 216 valence electrons. The third-order valence-electron chi connectivity index (χ3n) is 6.82.